The molecule has 0 unspecified atom stereocenters. The van der Waals surface area contributed by atoms with Crippen molar-refractivity contribution in [2.75, 3.05) is 42.3 Å². The normalized spacial score (nSPS) is 13.6. The van der Waals surface area contributed by atoms with E-state index in [2.05, 4.69) is 24.8 Å². The molecule has 1 saturated heterocycles. The van der Waals surface area contributed by atoms with Crippen LogP contribution in [0.15, 0.2) is 73.2 Å². The third-order valence-electron chi connectivity index (χ3n) is 5.38. The van der Waals surface area contributed by atoms with Crippen molar-refractivity contribution in [3.05, 3.63) is 73.2 Å². The molecule has 0 radical (unpaired) electrons. The van der Waals surface area contributed by atoms with E-state index >= 15 is 0 Å². The first-order chi connectivity index (χ1) is 15.7. The summed E-state index contributed by atoms with van der Waals surface area (Å²) in [4.78, 5) is 21.7. The van der Waals surface area contributed by atoms with Crippen LogP contribution in [0.3, 0.4) is 0 Å². The molecule has 0 saturated carbocycles. The van der Waals surface area contributed by atoms with Gasteiger partial charge >= 0.3 is 0 Å². The van der Waals surface area contributed by atoms with Crippen LogP contribution in [-0.4, -0.2) is 51.2 Å². The third-order valence-corrected chi connectivity index (χ3v) is 5.38. The van der Waals surface area contributed by atoms with Crippen molar-refractivity contribution in [2.24, 2.45) is 5.92 Å². The number of aromatic nitrogens is 5. The van der Waals surface area contributed by atoms with E-state index in [-0.39, 0.29) is 5.95 Å². The van der Waals surface area contributed by atoms with Crippen molar-refractivity contribution in [2.45, 2.75) is 0 Å². The molecule has 9 nitrogen and oxygen atoms in total. The van der Waals surface area contributed by atoms with Gasteiger partial charge in [0.05, 0.1) is 12.8 Å². The summed E-state index contributed by atoms with van der Waals surface area (Å²) in [7, 11) is 1.89. The Balaban J connectivity index is 1.25. The Hall–Kier alpha value is -4.14. The highest BCUT2D eigenvalue weighted by Crippen LogP contribution is 2.25. The Morgan fingerprint density at radius 1 is 1.00 bits per heavy atom. The lowest BCUT2D eigenvalue weighted by molar-refractivity contribution is 0.220. The van der Waals surface area contributed by atoms with Gasteiger partial charge in [0.25, 0.3) is 0 Å². The molecular weight excluding hydrogens is 404 g/mol. The maximum Gasteiger partial charge on any atom is 0.241 e. The number of anilines is 4. The fourth-order valence-corrected chi connectivity index (χ4v) is 3.58. The lowest BCUT2D eigenvalue weighted by atomic mass is 10.0. The van der Waals surface area contributed by atoms with Gasteiger partial charge in [0.2, 0.25) is 17.8 Å². The van der Waals surface area contributed by atoms with Gasteiger partial charge in [0.15, 0.2) is 0 Å². The predicted molar refractivity (Wildman–Crippen MR) is 124 cm³/mol. The van der Waals surface area contributed by atoms with Gasteiger partial charge in [-0.05, 0) is 24.3 Å². The average Bonchev–Trinajstić information content (AvgIpc) is 3.28. The molecule has 1 fully saturated rings. The second-order valence-corrected chi connectivity index (χ2v) is 7.72. The zero-order valence-electron chi connectivity index (χ0n) is 17.7. The minimum Gasteiger partial charge on any atom is -0.493 e. The van der Waals surface area contributed by atoms with Crippen molar-refractivity contribution in [1.82, 2.24) is 24.5 Å². The molecule has 4 aromatic rings. The lowest BCUT2D eigenvalue weighted by Crippen LogP contribution is -2.49. The predicted octanol–water partition coefficient (Wildman–Crippen LogP) is 2.92. The maximum absolute atomic E-state index is 5.97. The molecule has 0 aliphatic carbocycles. The summed E-state index contributed by atoms with van der Waals surface area (Å²) in [5.41, 5.74) is 6.93. The first-order valence-electron chi connectivity index (χ1n) is 10.4. The molecule has 2 N–H and O–H groups in total. The van der Waals surface area contributed by atoms with Crippen molar-refractivity contribution in [3.63, 3.8) is 0 Å². The standard InChI is InChI=1S/C23H24N8O/c1-29(18-8-4-2-5-9-18)22-26-21(24)27-23(28-22)31-14-20(25-16-31)30-12-17(13-30)15-32-19-10-6-3-7-11-19/h2-11,14,16-17H,12-13,15H2,1H3,(H2,24,26,27,28). The van der Waals surface area contributed by atoms with E-state index in [1.54, 1.807) is 10.9 Å². The van der Waals surface area contributed by atoms with E-state index in [0.29, 0.717) is 24.4 Å². The molecule has 0 atom stereocenters. The molecule has 9 heteroatoms. The van der Waals surface area contributed by atoms with E-state index in [4.69, 9.17) is 10.5 Å². The molecule has 2 aromatic heterocycles. The first-order valence-corrected chi connectivity index (χ1v) is 10.4. The Morgan fingerprint density at radius 3 is 2.47 bits per heavy atom. The summed E-state index contributed by atoms with van der Waals surface area (Å²) >= 11 is 0. The van der Waals surface area contributed by atoms with Gasteiger partial charge in [-0.3, -0.25) is 4.57 Å². The molecule has 1 aliphatic heterocycles. The number of nitrogen functional groups attached to an aromatic ring is 1. The van der Waals surface area contributed by atoms with Crippen LogP contribution in [0.4, 0.5) is 23.4 Å². The van der Waals surface area contributed by atoms with Crippen LogP contribution in [0.1, 0.15) is 0 Å². The Bertz CT molecular complexity index is 1180. The third kappa shape index (κ3) is 4.18. The van der Waals surface area contributed by atoms with E-state index in [1.165, 1.54) is 0 Å². The number of rotatable bonds is 7. The number of nitrogens with two attached hydrogens (primary N) is 1. The highest BCUT2D eigenvalue weighted by molar-refractivity contribution is 5.57. The van der Waals surface area contributed by atoms with Crippen LogP contribution < -0.4 is 20.3 Å². The Morgan fingerprint density at radius 2 is 1.72 bits per heavy atom. The first kappa shape index (κ1) is 19.8. The largest absolute Gasteiger partial charge is 0.493 e. The Labute approximate surface area is 186 Å². The Kier molecular flexibility index (Phi) is 5.29. The van der Waals surface area contributed by atoms with Crippen molar-refractivity contribution < 1.29 is 4.74 Å². The highest BCUT2D eigenvalue weighted by atomic mass is 16.5. The number of para-hydroxylation sites is 2. The molecule has 5 rings (SSSR count). The van der Waals surface area contributed by atoms with Gasteiger partial charge in [0, 0.05) is 31.7 Å². The molecule has 0 amide bonds. The molecule has 0 spiro atoms. The number of ether oxygens (including phenoxy) is 1. The topological polar surface area (TPSA) is 98.2 Å². The number of imidazole rings is 1. The molecule has 2 aromatic carbocycles. The maximum atomic E-state index is 5.97. The summed E-state index contributed by atoms with van der Waals surface area (Å²) in [6.45, 7) is 2.48. The van der Waals surface area contributed by atoms with Gasteiger partial charge in [-0.15, -0.1) is 0 Å². The quantitative estimate of drug-likeness (QED) is 0.480. The van der Waals surface area contributed by atoms with Crippen LogP contribution >= 0.6 is 0 Å². The minimum atomic E-state index is 0.158. The molecule has 3 heterocycles. The second kappa shape index (κ2) is 8.54. The number of benzene rings is 2. The molecular formula is C23H24N8O. The van der Waals surface area contributed by atoms with Crippen molar-refractivity contribution in [3.8, 4) is 11.7 Å². The summed E-state index contributed by atoms with van der Waals surface area (Å²) in [5, 5.41) is 0. The van der Waals surface area contributed by atoms with Gasteiger partial charge < -0.3 is 20.3 Å². The van der Waals surface area contributed by atoms with E-state index in [0.717, 1.165) is 30.3 Å². The minimum absolute atomic E-state index is 0.158. The van der Waals surface area contributed by atoms with E-state index in [9.17, 15) is 0 Å². The van der Waals surface area contributed by atoms with Crippen LogP contribution in [0.25, 0.3) is 5.95 Å². The van der Waals surface area contributed by atoms with Crippen LogP contribution in [-0.2, 0) is 0 Å². The van der Waals surface area contributed by atoms with Gasteiger partial charge in [-0.25, -0.2) is 4.98 Å². The number of hydrogen-bond acceptors (Lipinski definition) is 8. The lowest BCUT2D eigenvalue weighted by Gasteiger charge is -2.39. The van der Waals surface area contributed by atoms with Gasteiger partial charge in [-0.2, -0.15) is 15.0 Å². The van der Waals surface area contributed by atoms with Gasteiger partial charge in [-0.1, -0.05) is 36.4 Å². The van der Waals surface area contributed by atoms with E-state index < -0.39 is 0 Å². The number of nitrogens with zero attached hydrogens (tertiary/aromatic N) is 7. The average molecular weight is 429 g/mol. The zero-order valence-corrected chi connectivity index (χ0v) is 17.7. The van der Waals surface area contributed by atoms with Crippen molar-refractivity contribution >= 4 is 23.4 Å². The summed E-state index contributed by atoms with van der Waals surface area (Å²) in [6.07, 6.45) is 3.61. The SMILES string of the molecule is CN(c1ccccc1)c1nc(N)nc(-n2cnc(N3CC(COc4ccccc4)C3)c2)n1. The monoisotopic (exact) mass is 428 g/mol. The fourth-order valence-electron chi connectivity index (χ4n) is 3.58. The molecule has 0 bridgehead atoms. The van der Waals surface area contributed by atoms with Crippen LogP contribution in [0.5, 0.6) is 5.75 Å². The molecule has 162 valence electrons. The van der Waals surface area contributed by atoms with E-state index in [1.807, 2.05) is 78.8 Å². The number of hydrogen-bond donors (Lipinski definition) is 1. The highest BCUT2D eigenvalue weighted by Gasteiger charge is 2.29. The second-order valence-electron chi connectivity index (χ2n) is 7.72. The fraction of sp³-hybridized carbons (Fsp3) is 0.217. The summed E-state index contributed by atoms with van der Waals surface area (Å²) in [5.74, 6) is 3.30. The molecule has 1 aliphatic rings. The van der Waals surface area contributed by atoms with Gasteiger partial charge in [0.1, 0.15) is 17.9 Å². The van der Waals surface area contributed by atoms with Crippen molar-refractivity contribution in [1.29, 1.82) is 0 Å². The smallest absolute Gasteiger partial charge is 0.241 e. The molecule has 32 heavy (non-hydrogen) atoms. The zero-order chi connectivity index (χ0) is 21.9. The summed E-state index contributed by atoms with van der Waals surface area (Å²) < 4.78 is 7.62. The van der Waals surface area contributed by atoms with Crippen LogP contribution in [0.2, 0.25) is 0 Å². The summed E-state index contributed by atoms with van der Waals surface area (Å²) in [6, 6.07) is 19.7. The van der Waals surface area contributed by atoms with Crippen LogP contribution in [0, 0.1) is 5.92 Å².